The van der Waals surface area contributed by atoms with Crippen LogP contribution in [0.25, 0.3) is 0 Å². The number of esters is 1. The minimum Gasteiger partial charge on any atom is -0.469 e. The van der Waals surface area contributed by atoms with Crippen molar-refractivity contribution in [1.82, 2.24) is 0 Å². The maximum absolute atomic E-state index is 11.0. The van der Waals surface area contributed by atoms with Gasteiger partial charge in [0.05, 0.1) is 7.11 Å². The maximum Gasteiger partial charge on any atom is 0.305 e. The monoisotopic (exact) mass is 201 g/mol. The van der Waals surface area contributed by atoms with E-state index in [9.17, 15) is 4.79 Å². The van der Waals surface area contributed by atoms with E-state index in [4.69, 9.17) is 10.5 Å². The SMILES string of the molecule is COC(=O)CC[C@H]1CCOCC[C@@H]1N. The van der Waals surface area contributed by atoms with Crippen LogP contribution in [0.4, 0.5) is 0 Å². The number of ether oxygens (including phenoxy) is 2. The highest BCUT2D eigenvalue weighted by Gasteiger charge is 2.21. The fourth-order valence-electron chi connectivity index (χ4n) is 1.77. The molecule has 0 spiro atoms. The van der Waals surface area contributed by atoms with Crippen LogP contribution in [0.3, 0.4) is 0 Å². The molecule has 0 aromatic rings. The van der Waals surface area contributed by atoms with Crippen molar-refractivity contribution in [1.29, 1.82) is 0 Å². The number of nitrogens with two attached hydrogens (primary N) is 1. The fraction of sp³-hybridized carbons (Fsp3) is 0.900. The van der Waals surface area contributed by atoms with Crippen LogP contribution in [-0.4, -0.2) is 32.3 Å². The standard InChI is InChI=1S/C10H19NO3/c1-13-10(12)3-2-8-4-6-14-7-5-9(8)11/h8-9H,2-7,11H2,1H3/t8-,9-/m0/s1. The summed E-state index contributed by atoms with van der Waals surface area (Å²) in [6.45, 7) is 1.51. The highest BCUT2D eigenvalue weighted by molar-refractivity contribution is 5.69. The highest BCUT2D eigenvalue weighted by Crippen LogP contribution is 2.20. The molecule has 0 aromatic heterocycles. The molecule has 2 N–H and O–H groups in total. The molecule has 1 fully saturated rings. The first kappa shape index (κ1) is 11.5. The molecule has 0 saturated carbocycles. The zero-order valence-electron chi connectivity index (χ0n) is 8.70. The second kappa shape index (κ2) is 5.98. The Kier molecular flexibility index (Phi) is 4.90. The molecular weight excluding hydrogens is 182 g/mol. The van der Waals surface area contributed by atoms with Gasteiger partial charge in [0.2, 0.25) is 0 Å². The Morgan fingerprint density at radius 1 is 1.50 bits per heavy atom. The Balaban J connectivity index is 2.29. The quantitative estimate of drug-likeness (QED) is 0.682. The van der Waals surface area contributed by atoms with Gasteiger partial charge in [-0.15, -0.1) is 0 Å². The summed E-state index contributed by atoms with van der Waals surface area (Å²) in [5, 5.41) is 0. The zero-order valence-corrected chi connectivity index (χ0v) is 8.70. The average molecular weight is 201 g/mol. The van der Waals surface area contributed by atoms with Crippen molar-refractivity contribution in [3.8, 4) is 0 Å². The number of carbonyl (C=O) groups is 1. The molecule has 14 heavy (non-hydrogen) atoms. The van der Waals surface area contributed by atoms with E-state index in [-0.39, 0.29) is 12.0 Å². The van der Waals surface area contributed by atoms with Gasteiger partial charge < -0.3 is 15.2 Å². The summed E-state index contributed by atoms with van der Waals surface area (Å²) in [4.78, 5) is 11.0. The third kappa shape index (κ3) is 3.64. The van der Waals surface area contributed by atoms with E-state index >= 15 is 0 Å². The van der Waals surface area contributed by atoms with Gasteiger partial charge in [-0.05, 0) is 25.2 Å². The molecule has 2 atom stereocenters. The van der Waals surface area contributed by atoms with Gasteiger partial charge in [0, 0.05) is 25.7 Å². The Morgan fingerprint density at radius 2 is 2.21 bits per heavy atom. The minimum atomic E-state index is -0.151. The van der Waals surface area contributed by atoms with Crippen LogP contribution in [0.15, 0.2) is 0 Å². The van der Waals surface area contributed by atoms with Crippen molar-refractivity contribution < 1.29 is 14.3 Å². The van der Waals surface area contributed by atoms with Gasteiger partial charge in [0.25, 0.3) is 0 Å². The van der Waals surface area contributed by atoms with Gasteiger partial charge in [-0.3, -0.25) is 4.79 Å². The summed E-state index contributed by atoms with van der Waals surface area (Å²) < 4.78 is 9.93. The Bertz CT molecular complexity index is 184. The van der Waals surface area contributed by atoms with Crippen molar-refractivity contribution in [3.63, 3.8) is 0 Å². The van der Waals surface area contributed by atoms with Crippen LogP contribution in [0.1, 0.15) is 25.7 Å². The van der Waals surface area contributed by atoms with E-state index in [1.54, 1.807) is 0 Å². The predicted octanol–water partition coefficient (Wildman–Crippen LogP) is 0.693. The molecule has 0 aliphatic carbocycles. The molecule has 0 amide bonds. The average Bonchev–Trinajstić information content (AvgIpc) is 2.39. The molecule has 1 aliphatic heterocycles. The Hall–Kier alpha value is -0.610. The lowest BCUT2D eigenvalue weighted by atomic mass is 9.91. The number of carbonyl (C=O) groups excluding carboxylic acids is 1. The summed E-state index contributed by atoms with van der Waals surface area (Å²) >= 11 is 0. The first-order valence-electron chi connectivity index (χ1n) is 5.14. The van der Waals surface area contributed by atoms with Crippen molar-refractivity contribution in [2.75, 3.05) is 20.3 Å². The van der Waals surface area contributed by atoms with Gasteiger partial charge >= 0.3 is 5.97 Å². The van der Waals surface area contributed by atoms with E-state index in [0.29, 0.717) is 12.3 Å². The van der Waals surface area contributed by atoms with E-state index in [0.717, 1.165) is 32.5 Å². The zero-order chi connectivity index (χ0) is 10.4. The molecule has 1 aliphatic rings. The van der Waals surface area contributed by atoms with Gasteiger partial charge in [-0.1, -0.05) is 0 Å². The molecule has 0 unspecified atom stereocenters. The van der Waals surface area contributed by atoms with E-state index in [1.807, 2.05) is 0 Å². The van der Waals surface area contributed by atoms with Gasteiger partial charge in [-0.2, -0.15) is 0 Å². The van der Waals surface area contributed by atoms with Crippen LogP contribution in [0.2, 0.25) is 0 Å². The summed E-state index contributed by atoms with van der Waals surface area (Å²) in [6.07, 6.45) is 3.13. The summed E-state index contributed by atoms with van der Waals surface area (Å²) in [6, 6.07) is 0.169. The second-order valence-electron chi connectivity index (χ2n) is 3.73. The molecule has 1 rings (SSSR count). The van der Waals surface area contributed by atoms with Crippen LogP contribution in [0.5, 0.6) is 0 Å². The number of methoxy groups -OCH3 is 1. The van der Waals surface area contributed by atoms with Crippen molar-refractivity contribution >= 4 is 5.97 Å². The summed E-state index contributed by atoms with van der Waals surface area (Å²) in [7, 11) is 1.42. The largest absolute Gasteiger partial charge is 0.469 e. The summed E-state index contributed by atoms with van der Waals surface area (Å²) in [5.74, 6) is 0.249. The fourth-order valence-corrected chi connectivity index (χ4v) is 1.77. The van der Waals surface area contributed by atoms with E-state index in [2.05, 4.69) is 4.74 Å². The normalized spacial score (nSPS) is 28.1. The first-order chi connectivity index (χ1) is 6.74. The van der Waals surface area contributed by atoms with Crippen LogP contribution < -0.4 is 5.73 Å². The Labute approximate surface area is 84.7 Å². The van der Waals surface area contributed by atoms with E-state index < -0.39 is 0 Å². The number of hydrogen-bond donors (Lipinski definition) is 1. The molecule has 82 valence electrons. The highest BCUT2D eigenvalue weighted by atomic mass is 16.5. The minimum absolute atomic E-state index is 0.151. The van der Waals surface area contributed by atoms with Crippen molar-refractivity contribution in [2.45, 2.75) is 31.7 Å². The lowest BCUT2D eigenvalue weighted by Gasteiger charge is -2.19. The molecule has 0 aromatic carbocycles. The van der Waals surface area contributed by atoms with Crippen LogP contribution in [0, 0.1) is 5.92 Å². The molecule has 1 heterocycles. The molecular formula is C10H19NO3. The predicted molar refractivity (Wildman–Crippen MR) is 52.8 cm³/mol. The smallest absolute Gasteiger partial charge is 0.305 e. The topological polar surface area (TPSA) is 61.5 Å². The Morgan fingerprint density at radius 3 is 2.93 bits per heavy atom. The third-order valence-corrected chi connectivity index (χ3v) is 2.78. The van der Waals surface area contributed by atoms with Gasteiger partial charge in [-0.25, -0.2) is 0 Å². The lowest BCUT2D eigenvalue weighted by molar-refractivity contribution is -0.141. The van der Waals surface area contributed by atoms with Crippen LogP contribution >= 0.6 is 0 Å². The van der Waals surface area contributed by atoms with E-state index in [1.165, 1.54) is 7.11 Å². The molecule has 4 nitrogen and oxygen atoms in total. The van der Waals surface area contributed by atoms with Crippen molar-refractivity contribution in [2.24, 2.45) is 11.7 Å². The van der Waals surface area contributed by atoms with Gasteiger partial charge in [0.1, 0.15) is 0 Å². The van der Waals surface area contributed by atoms with Crippen LogP contribution in [-0.2, 0) is 14.3 Å². The summed E-state index contributed by atoms with van der Waals surface area (Å²) in [5.41, 5.74) is 5.97. The first-order valence-corrected chi connectivity index (χ1v) is 5.14. The molecule has 1 saturated heterocycles. The molecule has 4 heteroatoms. The van der Waals surface area contributed by atoms with Gasteiger partial charge in [0.15, 0.2) is 0 Å². The molecule has 0 radical (unpaired) electrons. The number of hydrogen-bond acceptors (Lipinski definition) is 4. The third-order valence-electron chi connectivity index (χ3n) is 2.78. The lowest BCUT2D eigenvalue weighted by Crippen LogP contribution is -2.30. The van der Waals surface area contributed by atoms with Crippen molar-refractivity contribution in [3.05, 3.63) is 0 Å². The second-order valence-corrected chi connectivity index (χ2v) is 3.73. The maximum atomic E-state index is 11.0. The number of rotatable bonds is 3. The molecule has 0 bridgehead atoms.